The molecular formula is C21H26N4O6. The predicted octanol–water partition coefficient (Wildman–Crippen LogP) is 0.381. The normalized spacial score (nSPS) is 17.7. The number of aromatic amines is 1. The maximum atomic E-state index is 12.8. The van der Waals surface area contributed by atoms with E-state index in [0.717, 1.165) is 22.9 Å². The van der Waals surface area contributed by atoms with Gasteiger partial charge in [0.25, 0.3) is 0 Å². The number of hydrogen-bond acceptors (Lipinski definition) is 5. The van der Waals surface area contributed by atoms with Crippen molar-refractivity contribution in [1.29, 1.82) is 0 Å². The van der Waals surface area contributed by atoms with E-state index in [4.69, 9.17) is 5.11 Å². The highest BCUT2D eigenvalue weighted by Crippen LogP contribution is 2.19. The summed E-state index contributed by atoms with van der Waals surface area (Å²) < 4.78 is 0. The average Bonchev–Trinajstić information content (AvgIpc) is 3.40. The number of carboxylic acids is 2. The van der Waals surface area contributed by atoms with Crippen molar-refractivity contribution < 1.29 is 29.4 Å². The first-order valence-electron chi connectivity index (χ1n) is 10.2. The minimum absolute atomic E-state index is 0.0366. The summed E-state index contributed by atoms with van der Waals surface area (Å²) in [5, 5.41) is 27.5. The van der Waals surface area contributed by atoms with Gasteiger partial charge in [0.1, 0.15) is 12.1 Å². The molecule has 1 aromatic carbocycles. The van der Waals surface area contributed by atoms with Crippen molar-refractivity contribution in [3.05, 3.63) is 36.0 Å². The molecule has 0 bridgehead atoms. The van der Waals surface area contributed by atoms with Gasteiger partial charge in [-0.2, -0.15) is 0 Å². The van der Waals surface area contributed by atoms with Crippen LogP contribution in [-0.4, -0.2) is 63.6 Å². The number of carbonyl (C=O) groups is 4. The van der Waals surface area contributed by atoms with Crippen LogP contribution in [0, 0.1) is 0 Å². The molecule has 3 atom stereocenters. The second kappa shape index (κ2) is 10.1. The molecule has 6 N–H and O–H groups in total. The Bertz CT molecular complexity index is 966. The molecule has 1 fully saturated rings. The van der Waals surface area contributed by atoms with Crippen LogP contribution in [0.25, 0.3) is 10.9 Å². The average molecular weight is 430 g/mol. The topological polar surface area (TPSA) is 161 Å². The molecule has 10 nitrogen and oxygen atoms in total. The van der Waals surface area contributed by atoms with Crippen LogP contribution in [0.3, 0.4) is 0 Å². The minimum atomic E-state index is -1.24. The fourth-order valence-corrected chi connectivity index (χ4v) is 3.71. The molecule has 1 aliphatic rings. The van der Waals surface area contributed by atoms with Gasteiger partial charge in [-0.25, -0.2) is 4.79 Å². The number of amides is 2. The lowest BCUT2D eigenvalue weighted by atomic mass is 10.0. The van der Waals surface area contributed by atoms with Gasteiger partial charge in [-0.15, -0.1) is 0 Å². The second-order valence-electron chi connectivity index (χ2n) is 7.61. The lowest BCUT2D eigenvalue weighted by Crippen LogP contribution is -2.54. The number of H-pyrrole nitrogens is 1. The van der Waals surface area contributed by atoms with Crippen LogP contribution in [-0.2, 0) is 25.6 Å². The van der Waals surface area contributed by atoms with E-state index in [2.05, 4.69) is 20.9 Å². The molecule has 1 aliphatic heterocycles. The first kappa shape index (κ1) is 22.3. The van der Waals surface area contributed by atoms with Crippen LogP contribution in [0.15, 0.2) is 30.5 Å². The van der Waals surface area contributed by atoms with Gasteiger partial charge in [0.05, 0.1) is 6.04 Å². The highest BCUT2D eigenvalue weighted by molar-refractivity contribution is 5.92. The van der Waals surface area contributed by atoms with E-state index in [1.165, 1.54) is 0 Å². The third-order valence-electron chi connectivity index (χ3n) is 5.37. The number of nitrogens with one attached hydrogen (secondary N) is 4. The predicted molar refractivity (Wildman–Crippen MR) is 111 cm³/mol. The Morgan fingerprint density at radius 1 is 1.10 bits per heavy atom. The first-order chi connectivity index (χ1) is 14.8. The molecule has 1 saturated heterocycles. The molecule has 1 aromatic heterocycles. The van der Waals surface area contributed by atoms with Gasteiger partial charge < -0.3 is 31.1 Å². The van der Waals surface area contributed by atoms with Crippen molar-refractivity contribution in [3.63, 3.8) is 0 Å². The fourth-order valence-electron chi connectivity index (χ4n) is 3.71. The molecule has 2 amide bonds. The van der Waals surface area contributed by atoms with E-state index >= 15 is 0 Å². The Morgan fingerprint density at radius 3 is 2.55 bits per heavy atom. The zero-order valence-corrected chi connectivity index (χ0v) is 16.9. The Morgan fingerprint density at radius 2 is 1.87 bits per heavy atom. The van der Waals surface area contributed by atoms with Gasteiger partial charge in [0.15, 0.2) is 0 Å². The SMILES string of the molecule is O=C(O)CC[C@H](NC(=O)[C@@H]1CCCN1)C(=O)N[C@@H](Cc1c[nH]c2ccccc12)C(=O)O. The number of carboxylic acid groups (broad SMARTS) is 2. The molecule has 2 aromatic rings. The number of para-hydroxylation sites is 1. The zero-order chi connectivity index (χ0) is 22.4. The summed E-state index contributed by atoms with van der Waals surface area (Å²) in [7, 11) is 0. The van der Waals surface area contributed by atoms with E-state index in [1.807, 2.05) is 24.3 Å². The number of carbonyl (C=O) groups excluding carboxylic acids is 2. The van der Waals surface area contributed by atoms with Crippen molar-refractivity contribution >= 4 is 34.7 Å². The molecule has 31 heavy (non-hydrogen) atoms. The van der Waals surface area contributed by atoms with Crippen LogP contribution in [0.5, 0.6) is 0 Å². The van der Waals surface area contributed by atoms with E-state index in [1.54, 1.807) is 6.20 Å². The highest BCUT2D eigenvalue weighted by atomic mass is 16.4. The van der Waals surface area contributed by atoms with Gasteiger partial charge in [-0.3, -0.25) is 14.4 Å². The van der Waals surface area contributed by atoms with Crippen LogP contribution in [0.4, 0.5) is 0 Å². The van der Waals surface area contributed by atoms with Crippen LogP contribution < -0.4 is 16.0 Å². The lowest BCUT2D eigenvalue weighted by molar-refractivity contribution is -0.143. The molecular weight excluding hydrogens is 404 g/mol. The molecule has 10 heteroatoms. The van der Waals surface area contributed by atoms with E-state index in [0.29, 0.717) is 13.0 Å². The fraction of sp³-hybridized carbons (Fsp3) is 0.429. The third-order valence-corrected chi connectivity index (χ3v) is 5.37. The Hall–Kier alpha value is -3.40. The third kappa shape index (κ3) is 5.82. The van der Waals surface area contributed by atoms with E-state index in [9.17, 15) is 24.3 Å². The van der Waals surface area contributed by atoms with Gasteiger partial charge >= 0.3 is 11.9 Å². The summed E-state index contributed by atoms with van der Waals surface area (Å²) in [6.45, 7) is 0.690. The quantitative estimate of drug-likeness (QED) is 0.318. The van der Waals surface area contributed by atoms with Crippen molar-refractivity contribution in [2.45, 2.75) is 50.2 Å². The lowest BCUT2D eigenvalue weighted by Gasteiger charge is -2.22. The molecule has 2 heterocycles. The monoisotopic (exact) mass is 430 g/mol. The largest absolute Gasteiger partial charge is 0.481 e. The summed E-state index contributed by atoms with van der Waals surface area (Å²) in [5.41, 5.74) is 1.58. The summed E-state index contributed by atoms with van der Waals surface area (Å²) in [4.78, 5) is 51.1. The van der Waals surface area contributed by atoms with E-state index in [-0.39, 0.29) is 19.3 Å². The van der Waals surface area contributed by atoms with Crippen molar-refractivity contribution in [1.82, 2.24) is 20.9 Å². The van der Waals surface area contributed by atoms with Crippen LogP contribution in [0.2, 0.25) is 0 Å². The number of hydrogen-bond donors (Lipinski definition) is 6. The molecule has 0 saturated carbocycles. The second-order valence-corrected chi connectivity index (χ2v) is 7.61. The minimum Gasteiger partial charge on any atom is -0.481 e. The smallest absolute Gasteiger partial charge is 0.326 e. The number of aromatic nitrogens is 1. The summed E-state index contributed by atoms with van der Waals surface area (Å²) >= 11 is 0. The van der Waals surface area contributed by atoms with Crippen LogP contribution >= 0.6 is 0 Å². The molecule has 0 spiro atoms. The zero-order valence-electron chi connectivity index (χ0n) is 16.9. The number of benzene rings is 1. The number of rotatable bonds is 10. The van der Waals surface area contributed by atoms with E-state index < -0.39 is 41.9 Å². The van der Waals surface area contributed by atoms with Crippen molar-refractivity contribution in [3.8, 4) is 0 Å². The van der Waals surface area contributed by atoms with Gasteiger partial charge in [0, 0.05) is 29.9 Å². The van der Waals surface area contributed by atoms with Crippen LogP contribution in [0.1, 0.15) is 31.2 Å². The summed E-state index contributed by atoms with van der Waals surface area (Å²) in [5.74, 6) is -3.45. The molecule has 0 aliphatic carbocycles. The molecule has 0 radical (unpaired) electrons. The summed E-state index contributed by atoms with van der Waals surface area (Å²) in [6.07, 6.45) is 2.71. The molecule has 166 valence electrons. The Kier molecular flexibility index (Phi) is 7.24. The molecule has 0 unspecified atom stereocenters. The maximum Gasteiger partial charge on any atom is 0.326 e. The number of aliphatic carboxylic acids is 2. The van der Waals surface area contributed by atoms with Crippen molar-refractivity contribution in [2.75, 3.05) is 6.54 Å². The highest BCUT2D eigenvalue weighted by Gasteiger charge is 2.30. The van der Waals surface area contributed by atoms with Gasteiger partial charge in [-0.05, 0) is 37.4 Å². The molecule has 3 rings (SSSR count). The maximum absolute atomic E-state index is 12.8. The van der Waals surface area contributed by atoms with Gasteiger partial charge in [-0.1, -0.05) is 18.2 Å². The standard InChI is InChI=1S/C21H26N4O6/c26-18(27)8-7-16(24-19(28)15-6-3-9-22-15)20(29)25-17(21(30)31)10-12-11-23-14-5-2-1-4-13(12)14/h1-2,4-5,11,15-17,22-23H,3,6-10H2,(H,24,28)(H,25,29)(H,26,27)(H,30,31)/t15-,16-,17-/m0/s1. The van der Waals surface area contributed by atoms with Crippen molar-refractivity contribution in [2.24, 2.45) is 0 Å². The first-order valence-corrected chi connectivity index (χ1v) is 10.2. The Balaban J connectivity index is 1.70. The Labute approximate surface area is 178 Å². The summed E-state index contributed by atoms with van der Waals surface area (Å²) in [6, 6.07) is 4.59. The number of fused-ring (bicyclic) bond motifs is 1. The van der Waals surface area contributed by atoms with Gasteiger partial charge in [0.2, 0.25) is 11.8 Å².